The molecule has 0 unspecified atom stereocenters. The third-order valence-electron chi connectivity index (χ3n) is 7.51. The van der Waals surface area contributed by atoms with E-state index in [1.54, 1.807) is 37.4 Å². The molecule has 19 nitrogen and oxygen atoms in total. The number of nitrogens with zero attached hydrogens (tertiary/aromatic N) is 7. The highest BCUT2D eigenvalue weighted by molar-refractivity contribution is 8.01. The first-order valence-electron chi connectivity index (χ1n) is 14.2. The lowest BCUT2D eigenvalue weighted by molar-refractivity contribution is -0.151. The van der Waals surface area contributed by atoms with Crippen molar-refractivity contribution < 1.29 is 44.7 Å². The highest BCUT2D eigenvalue weighted by Crippen LogP contribution is 2.41. The van der Waals surface area contributed by atoms with Gasteiger partial charge in [0.05, 0.1) is 6.61 Å². The summed E-state index contributed by atoms with van der Waals surface area (Å²) in [6.45, 7) is -0.453. The number of carboxylic acid groups (broad SMARTS) is 1. The summed E-state index contributed by atoms with van der Waals surface area (Å²) in [5.41, 5.74) is 5.53. The van der Waals surface area contributed by atoms with E-state index in [-0.39, 0.29) is 11.5 Å². The van der Waals surface area contributed by atoms with Gasteiger partial charge in [0, 0.05) is 24.8 Å². The van der Waals surface area contributed by atoms with E-state index in [1.165, 1.54) is 45.4 Å². The molecule has 3 aliphatic heterocycles. The molecule has 3 aliphatic rings. The number of benzene rings is 1. The summed E-state index contributed by atoms with van der Waals surface area (Å²) in [7, 11) is 1.68. The Bertz CT molecular complexity index is 1760. The predicted molar refractivity (Wildman–Crippen MR) is 167 cm³/mol. The number of aryl methyl sites for hydroxylation is 1. The summed E-state index contributed by atoms with van der Waals surface area (Å²) in [5, 5.41) is 61.8. The van der Waals surface area contributed by atoms with Crippen molar-refractivity contribution in [2.75, 3.05) is 23.8 Å². The van der Waals surface area contributed by atoms with Gasteiger partial charge in [0.2, 0.25) is 5.16 Å². The van der Waals surface area contributed by atoms with Crippen LogP contribution in [0.25, 0.3) is 0 Å². The van der Waals surface area contributed by atoms with Crippen LogP contribution in [0, 0.1) is 0 Å². The smallest absolute Gasteiger partial charge is 0.352 e. The molecule has 256 valence electrons. The van der Waals surface area contributed by atoms with Gasteiger partial charge in [-0.05, 0) is 27.6 Å². The quantitative estimate of drug-likeness (QED) is 0.0875. The molecule has 48 heavy (non-hydrogen) atoms. The van der Waals surface area contributed by atoms with Crippen LogP contribution in [0.2, 0.25) is 0 Å². The highest BCUT2D eigenvalue weighted by Gasteiger charge is 2.54. The van der Waals surface area contributed by atoms with E-state index in [0.717, 1.165) is 4.57 Å². The van der Waals surface area contributed by atoms with Crippen LogP contribution in [0.3, 0.4) is 0 Å². The number of aliphatic hydroxyl groups excluding tert-OH is 4. The minimum Gasteiger partial charge on any atom is -0.477 e. The van der Waals surface area contributed by atoms with Gasteiger partial charge in [0.1, 0.15) is 41.2 Å². The van der Waals surface area contributed by atoms with E-state index in [0.29, 0.717) is 27.8 Å². The standard InChI is InChI=1S/C18H18N6O5S2.C9H13N3O5/c1-23-18(20-21-22-23)31-8-10-7-30-16-11(15(27)24(16)12(10)17(28)29)19-14(26)13(25)9-5-3-2-4-6-9;10-5-1-2-12(9(16)11-5)8-7(15)6(14)4(3-13)17-8/h2-6,11,13,16,25H,7-8H2,1H3,(H,19,26)(H,28,29);1-2,4,6-8,13-15H,3H2,(H2,10,11,16)/t11-,13-,16-;4-,6-,7+,8-/m11/s1. The first-order chi connectivity index (χ1) is 22.9. The van der Waals surface area contributed by atoms with Crippen LogP contribution in [-0.2, 0) is 26.2 Å². The molecular weight excluding hydrogens is 674 g/mol. The second kappa shape index (κ2) is 14.8. The fraction of sp³-hybridized carbons (Fsp3) is 0.407. The molecule has 3 aromatic rings. The SMILES string of the molecule is Cn1nnnc1SCC1=C(C(=O)O)N2C(=O)[C@@H](NC(=O)[C@H](O)c3ccccc3)[C@H]2SC1.Nc1ccn([C@@H]2O[C@H](CO)[C@@H](O)[C@@H]2O)c(=O)n1. The van der Waals surface area contributed by atoms with Gasteiger partial charge in [-0.1, -0.05) is 42.1 Å². The van der Waals surface area contributed by atoms with E-state index in [4.69, 9.17) is 15.6 Å². The molecule has 0 radical (unpaired) electrons. The predicted octanol–water partition coefficient (Wildman–Crippen LogP) is -2.79. The number of tetrazole rings is 1. The van der Waals surface area contributed by atoms with Crippen LogP contribution >= 0.6 is 23.5 Å². The lowest BCUT2D eigenvalue weighted by Gasteiger charge is -2.49. The molecule has 2 fully saturated rings. The summed E-state index contributed by atoms with van der Waals surface area (Å²) < 4.78 is 7.66. The number of fused-ring (bicyclic) bond motifs is 1. The van der Waals surface area contributed by atoms with Crippen molar-refractivity contribution in [1.29, 1.82) is 0 Å². The Labute approximate surface area is 279 Å². The Morgan fingerprint density at radius 1 is 1.19 bits per heavy atom. The number of nitrogens with two attached hydrogens (primary N) is 1. The van der Waals surface area contributed by atoms with Crippen molar-refractivity contribution >= 4 is 47.1 Å². The normalized spacial score (nSPS) is 25.4. The van der Waals surface area contributed by atoms with E-state index >= 15 is 0 Å². The van der Waals surface area contributed by atoms with Gasteiger partial charge in [0.25, 0.3) is 11.8 Å². The number of carbonyl (C=O) groups is 3. The molecule has 7 atom stereocenters. The van der Waals surface area contributed by atoms with Crippen LogP contribution in [0.4, 0.5) is 5.82 Å². The molecule has 0 aliphatic carbocycles. The number of hydrogen-bond donors (Lipinski definition) is 7. The van der Waals surface area contributed by atoms with Crippen LogP contribution in [0.15, 0.2) is 63.8 Å². The molecule has 0 saturated carbocycles. The van der Waals surface area contributed by atoms with Crippen molar-refractivity contribution in [3.05, 3.63) is 69.9 Å². The molecule has 2 saturated heterocycles. The number of β-lactam (4-membered cyclic amide) rings is 1. The highest BCUT2D eigenvalue weighted by atomic mass is 32.2. The number of carboxylic acids is 1. The monoisotopic (exact) mass is 705 g/mol. The van der Waals surface area contributed by atoms with Gasteiger partial charge in [-0.15, -0.1) is 16.9 Å². The Balaban J connectivity index is 0.000000224. The number of anilines is 1. The van der Waals surface area contributed by atoms with Crippen LogP contribution in [-0.4, -0.2) is 126 Å². The third-order valence-corrected chi connectivity index (χ3v) is 9.95. The lowest BCUT2D eigenvalue weighted by Crippen LogP contribution is -2.70. The number of aromatic nitrogens is 6. The molecule has 0 spiro atoms. The topological polar surface area (TPSA) is 281 Å². The zero-order valence-electron chi connectivity index (χ0n) is 25.0. The van der Waals surface area contributed by atoms with E-state index in [1.807, 2.05) is 0 Å². The van der Waals surface area contributed by atoms with Crippen molar-refractivity contribution in [2.45, 2.75) is 47.2 Å². The minimum atomic E-state index is -1.42. The van der Waals surface area contributed by atoms with Gasteiger partial charge >= 0.3 is 11.7 Å². The molecule has 2 amide bonds. The Kier molecular flexibility index (Phi) is 10.8. The molecular formula is C27H31N9O10S2. The number of rotatable bonds is 9. The number of nitrogens with one attached hydrogen (secondary N) is 1. The lowest BCUT2D eigenvalue weighted by atomic mass is 10.0. The number of hydrogen-bond acceptors (Lipinski definition) is 16. The minimum absolute atomic E-state index is 0.0537. The van der Waals surface area contributed by atoms with E-state index in [9.17, 15) is 39.6 Å². The Morgan fingerprint density at radius 3 is 2.52 bits per heavy atom. The average Bonchev–Trinajstić information content (AvgIpc) is 3.62. The molecule has 6 rings (SSSR count). The number of aliphatic hydroxyl groups is 4. The van der Waals surface area contributed by atoms with Crippen LogP contribution in [0.1, 0.15) is 17.9 Å². The first-order valence-corrected chi connectivity index (χ1v) is 16.2. The maximum absolute atomic E-state index is 12.7. The number of aliphatic carboxylic acids is 1. The van der Waals surface area contributed by atoms with Gasteiger partial charge in [-0.25, -0.2) is 14.3 Å². The fourth-order valence-electron chi connectivity index (χ4n) is 5.04. The number of ether oxygens (including phenoxy) is 1. The molecule has 8 N–H and O–H groups in total. The number of nitrogen functional groups attached to an aromatic ring is 1. The number of carbonyl (C=O) groups excluding carboxylic acids is 2. The maximum Gasteiger partial charge on any atom is 0.352 e. The summed E-state index contributed by atoms with van der Waals surface area (Å²) in [5.74, 6) is -1.70. The zero-order chi connectivity index (χ0) is 34.7. The molecule has 5 heterocycles. The Morgan fingerprint density at radius 2 is 1.92 bits per heavy atom. The van der Waals surface area contributed by atoms with Gasteiger partial charge in [-0.3, -0.25) is 19.1 Å². The molecule has 0 bridgehead atoms. The van der Waals surface area contributed by atoms with Crippen LogP contribution in [0.5, 0.6) is 0 Å². The van der Waals surface area contributed by atoms with Crippen molar-refractivity contribution in [1.82, 2.24) is 40.0 Å². The number of thioether (sulfide) groups is 2. The zero-order valence-corrected chi connectivity index (χ0v) is 26.6. The average molecular weight is 706 g/mol. The Hall–Kier alpha value is -4.38. The molecule has 21 heteroatoms. The number of amides is 2. The molecule has 1 aromatic carbocycles. The van der Waals surface area contributed by atoms with Gasteiger partial charge < -0.3 is 41.3 Å². The summed E-state index contributed by atoms with van der Waals surface area (Å²) in [4.78, 5) is 53.2. The van der Waals surface area contributed by atoms with Gasteiger partial charge in [0.15, 0.2) is 12.3 Å². The second-order valence-corrected chi connectivity index (χ2v) is 12.7. The van der Waals surface area contributed by atoms with Crippen LogP contribution < -0.4 is 16.7 Å². The molecule has 2 aromatic heterocycles. The van der Waals surface area contributed by atoms with Gasteiger partial charge in [-0.2, -0.15) is 4.98 Å². The summed E-state index contributed by atoms with van der Waals surface area (Å²) >= 11 is 2.64. The first kappa shape index (κ1) is 34.9. The second-order valence-electron chi connectivity index (χ2n) is 10.6. The van der Waals surface area contributed by atoms with Crippen molar-refractivity contribution in [2.24, 2.45) is 7.05 Å². The maximum atomic E-state index is 12.7. The van der Waals surface area contributed by atoms with E-state index in [2.05, 4.69) is 25.8 Å². The van der Waals surface area contributed by atoms with Crippen molar-refractivity contribution in [3.63, 3.8) is 0 Å². The summed E-state index contributed by atoms with van der Waals surface area (Å²) in [6, 6.07) is 8.83. The largest absolute Gasteiger partial charge is 0.477 e. The van der Waals surface area contributed by atoms with Crippen molar-refractivity contribution in [3.8, 4) is 0 Å². The summed E-state index contributed by atoms with van der Waals surface area (Å²) in [6.07, 6.45) is -4.68. The van der Waals surface area contributed by atoms with E-state index < -0.39 is 72.1 Å². The third kappa shape index (κ3) is 7.06. The fourth-order valence-corrected chi connectivity index (χ4v) is 7.37.